The maximum absolute atomic E-state index is 13.5. The lowest BCUT2D eigenvalue weighted by Crippen LogP contribution is -2.31. The fourth-order valence-electron chi connectivity index (χ4n) is 3.92. The molecule has 0 unspecified atom stereocenters. The van der Waals surface area contributed by atoms with Crippen molar-refractivity contribution in [1.29, 1.82) is 0 Å². The van der Waals surface area contributed by atoms with Gasteiger partial charge in [-0.05, 0) is 47.7 Å². The Hall–Kier alpha value is -1.46. The summed E-state index contributed by atoms with van der Waals surface area (Å²) in [6.07, 6.45) is 0.199. The van der Waals surface area contributed by atoms with Gasteiger partial charge in [-0.25, -0.2) is 0 Å². The zero-order valence-corrected chi connectivity index (χ0v) is 15.3. The van der Waals surface area contributed by atoms with Crippen LogP contribution >= 0.6 is 27.5 Å². The lowest BCUT2D eigenvalue weighted by molar-refractivity contribution is -0.138. The van der Waals surface area contributed by atoms with E-state index in [4.69, 9.17) is 11.6 Å². The molecule has 1 aliphatic heterocycles. The van der Waals surface area contributed by atoms with Crippen molar-refractivity contribution in [1.82, 2.24) is 0 Å². The van der Waals surface area contributed by atoms with Crippen molar-refractivity contribution in [3.63, 3.8) is 0 Å². The van der Waals surface area contributed by atoms with Crippen LogP contribution in [-0.2, 0) is 6.18 Å². The molecule has 6 heteroatoms. The minimum Gasteiger partial charge on any atom is -0.376 e. The summed E-state index contributed by atoms with van der Waals surface area (Å²) in [5, 5.41) is 3.62. The maximum atomic E-state index is 13.5. The number of hydrogen-bond acceptors (Lipinski definition) is 1. The standard InChI is InChI=1S/C19H14BrClF3N/c20-11-6-4-10(5-7-11)17-13-3-1-2-12(13)16-14(19(22,23)24)8-9-15(21)18(16)25-17/h1-2,4-9,12-13,17,25H,3H2/t12-,13+,17-/m1/s1. The molecule has 0 spiro atoms. The third-order valence-electron chi connectivity index (χ3n) is 5.00. The van der Waals surface area contributed by atoms with E-state index in [9.17, 15) is 13.2 Å². The molecule has 1 aliphatic carbocycles. The van der Waals surface area contributed by atoms with E-state index in [0.717, 1.165) is 22.5 Å². The van der Waals surface area contributed by atoms with Gasteiger partial charge in [0.2, 0.25) is 0 Å². The van der Waals surface area contributed by atoms with E-state index in [1.165, 1.54) is 6.07 Å². The highest BCUT2D eigenvalue weighted by Crippen LogP contribution is 2.54. The largest absolute Gasteiger partial charge is 0.416 e. The number of hydrogen-bond donors (Lipinski definition) is 1. The van der Waals surface area contributed by atoms with Gasteiger partial charge < -0.3 is 5.32 Å². The third kappa shape index (κ3) is 2.87. The molecule has 0 radical (unpaired) electrons. The fraction of sp³-hybridized carbons (Fsp3) is 0.263. The lowest BCUT2D eigenvalue weighted by Gasteiger charge is -2.39. The summed E-state index contributed by atoms with van der Waals surface area (Å²) in [6.45, 7) is 0. The van der Waals surface area contributed by atoms with Gasteiger partial charge in [0.1, 0.15) is 0 Å². The van der Waals surface area contributed by atoms with Crippen LogP contribution in [0.15, 0.2) is 53.0 Å². The van der Waals surface area contributed by atoms with E-state index in [2.05, 4.69) is 21.2 Å². The smallest absolute Gasteiger partial charge is 0.376 e. The first-order valence-electron chi connectivity index (χ1n) is 7.94. The molecular formula is C19H14BrClF3N. The van der Waals surface area contributed by atoms with Gasteiger partial charge in [-0.2, -0.15) is 13.2 Å². The SMILES string of the molecule is FC(F)(F)c1ccc(Cl)c2c1[C@@H]1C=CC[C@@H]1[C@@H](c1ccc(Br)cc1)N2. The Labute approximate surface area is 157 Å². The van der Waals surface area contributed by atoms with Gasteiger partial charge in [0.25, 0.3) is 0 Å². The maximum Gasteiger partial charge on any atom is 0.416 e. The summed E-state index contributed by atoms with van der Waals surface area (Å²) in [4.78, 5) is 0. The molecule has 0 amide bonds. The van der Waals surface area contributed by atoms with Crippen LogP contribution in [0.1, 0.15) is 35.1 Å². The first kappa shape index (κ1) is 17.0. The van der Waals surface area contributed by atoms with E-state index in [-0.39, 0.29) is 23.4 Å². The average Bonchev–Trinajstić information content (AvgIpc) is 3.04. The number of nitrogens with one attached hydrogen (secondary N) is 1. The highest BCUT2D eigenvalue weighted by atomic mass is 79.9. The molecule has 4 rings (SSSR count). The minimum atomic E-state index is -4.40. The van der Waals surface area contributed by atoms with Gasteiger partial charge in [-0.15, -0.1) is 0 Å². The molecule has 1 nitrogen and oxygen atoms in total. The molecule has 1 N–H and O–H groups in total. The molecule has 0 saturated carbocycles. The van der Waals surface area contributed by atoms with Gasteiger partial charge in [0.15, 0.2) is 0 Å². The van der Waals surface area contributed by atoms with E-state index < -0.39 is 11.7 Å². The highest BCUT2D eigenvalue weighted by molar-refractivity contribution is 9.10. The second kappa shape index (κ2) is 6.06. The number of alkyl halides is 3. The van der Waals surface area contributed by atoms with Crippen molar-refractivity contribution < 1.29 is 13.2 Å². The number of fused-ring (bicyclic) bond motifs is 3. The van der Waals surface area contributed by atoms with Crippen LogP contribution in [0.3, 0.4) is 0 Å². The molecule has 1 heterocycles. The van der Waals surface area contributed by atoms with E-state index >= 15 is 0 Å². The monoisotopic (exact) mass is 427 g/mol. The van der Waals surface area contributed by atoms with E-state index in [1.807, 2.05) is 36.4 Å². The van der Waals surface area contributed by atoms with Crippen LogP contribution in [0.25, 0.3) is 0 Å². The van der Waals surface area contributed by atoms with E-state index in [1.54, 1.807) is 0 Å². The molecule has 2 aromatic carbocycles. The molecule has 25 heavy (non-hydrogen) atoms. The predicted octanol–water partition coefficient (Wildman–Crippen LogP) is 6.95. The summed E-state index contributed by atoms with van der Waals surface area (Å²) < 4.78 is 41.6. The van der Waals surface area contributed by atoms with Crippen LogP contribution in [0.2, 0.25) is 5.02 Å². The predicted molar refractivity (Wildman–Crippen MR) is 96.9 cm³/mol. The third-order valence-corrected chi connectivity index (χ3v) is 5.85. The second-order valence-electron chi connectivity index (χ2n) is 6.41. The number of benzene rings is 2. The molecule has 3 atom stereocenters. The van der Waals surface area contributed by atoms with Gasteiger partial charge in [0.05, 0.1) is 22.3 Å². The Bertz CT molecular complexity index is 845. The van der Waals surface area contributed by atoms with Crippen molar-refractivity contribution >= 4 is 33.2 Å². The Morgan fingerprint density at radius 2 is 1.80 bits per heavy atom. The van der Waals surface area contributed by atoms with Crippen molar-refractivity contribution in [3.8, 4) is 0 Å². The Morgan fingerprint density at radius 3 is 2.48 bits per heavy atom. The van der Waals surface area contributed by atoms with Crippen LogP contribution in [-0.4, -0.2) is 0 Å². The molecule has 130 valence electrons. The molecular weight excluding hydrogens is 415 g/mol. The molecule has 0 bridgehead atoms. The highest BCUT2D eigenvalue weighted by Gasteiger charge is 2.44. The summed E-state index contributed by atoms with van der Waals surface area (Å²) in [5.41, 5.74) is 1.11. The number of rotatable bonds is 1. The topological polar surface area (TPSA) is 12.0 Å². The first-order chi connectivity index (χ1) is 11.9. The van der Waals surface area contributed by atoms with Gasteiger partial charge >= 0.3 is 6.18 Å². The first-order valence-corrected chi connectivity index (χ1v) is 9.11. The Morgan fingerprint density at radius 1 is 1.08 bits per heavy atom. The summed E-state index contributed by atoms with van der Waals surface area (Å²) in [5.74, 6) is -0.256. The molecule has 2 aliphatic rings. The van der Waals surface area contributed by atoms with Crippen molar-refractivity contribution in [2.24, 2.45) is 5.92 Å². The number of halogens is 5. The van der Waals surface area contributed by atoms with Gasteiger partial charge in [-0.1, -0.05) is 51.8 Å². The van der Waals surface area contributed by atoms with Crippen LogP contribution in [0.5, 0.6) is 0 Å². The van der Waals surface area contributed by atoms with Crippen molar-refractivity contribution in [2.75, 3.05) is 5.32 Å². The molecule has 0 fully saturated rings. The van der Waals surface area contributed by atoms with Gasteiger partial charge in [-0.3, -0.25) is 0 Å². The quantitative estimate of drug-likeness (QED) is 0.485. The van der Waals surface area contributed by atoms with Gasteiger partial charge in [0, 0.05) is 10.4 Å². The normalized spacial score (nSPS) is 24.6. The Kier molecular flexibility index (Phi) is 4.12. The Balaban J connectivity index is 1.87. The zero-order valence-electron chi connectivity index (χ0n) is 12.9. The zero-order chi connectivity index (χ0) is 17.8. The minimum absolute atomic E-state index is 0.0354. The van der Waals surface area contributed by atoms with Crippen molar-refractivity contribution in [3.05, 3.63) is 74.7 Å². The van der Waals surface area contributed by atoms with Crippen LogP contribution in [0.4, 0.5) is 18.9 Å². The molecule has 0 aromatic heterocycles. The van der Waals surface area contributed by atoms with E-state index in [0.29, 0.717) is 10.7 Å². The second-order valence-corrected chi connectivity index (χ2v) is 7.73. The molecule has 2 aromatic rings. The average molecular weight is 429 g/mol. The number of allylic oxidation sites excluding steroid dienone is 2. The van der Waals surface area contributed by atoms with Crippen LogP contribution in [0, 0.1) is 5.92 Å². The summed E-state index contributed by atoms with van der Waals surface area (Å²) in [6, 6.07) is 10.2. The number of anilines is 1. The van der Waals surface area contributed by atoms with Crippen molar-refractivity contribution in [2.45, 2.75) is 24.6 Å². The summed E-state index contributed by atoms with van der Waals surface area (Å²) >= 11 is 9.69. The fourth-order valence-corrected chi connectivity index (χ4v) is 4.41. The molecule has 0 saturated heterocycles. The van der Waals surface area contributed by atoms with Crippen LogP contribution < -0.4 is 5.32 Å². The lowest BCUT2D eigenvalue weighted by atomic mass is 9.75. The summed E-state index contributed by atoms with van der Waals surface area (Å²) in [7, 11) is 0.